The first-order chi connectivity index (χ1) is 8.58. The minimum absolute atomic E-state index is 0.155. The number of likely N-dealkylation sites (N-methyl/N-ethyl adjacent to an activating group) is 1. The van der Waals surface area contributed by atoms with Gasteiger partial charge < -0.3 is 15.3 Å². The predicted octanol–water partition coefficient (Wildman–Crippen LogP) is 0.774. The molecule has 0 heterocycles. The lowest BCUT2D eigenvalue weighted by atomic mass is 10.2. The summed E-state index contributed by atoms with van der Waals surface area (Å²) in [7, 11) is 0. The molecule has 18 heavy (non-hydrogen) atoms. The first kappa shape index (κ1) is 14.2. The summed E-state index contributed by atoms with van der Waals surface area (Å²) in [4.78, 5) is 24.7. The number of carbonyl (C=O) groups is 2. The standard InChI is InChI=1S/C13H18N2O3/c1-3-15(8-9-16)13(18)12(17)14-11-6-4-10(2)5-7-11/h4-7,16H,3,8-9H2,1-2H3,(H,14,17). The van der Waals surface area contributed by atoms with Gasteiger partial charge in [-0.15, -0.1) is 0 Å². The molecule has 0 aromatic heterocycles. The highest BCUT2D eigenvalue weighted by atomic mass is 16.3. The van der Waals surface area contributed by atoms with Crippen LogP contribution < -0.4 is 5.32 Å². The summed E-state index contributed by atoms with van der Waals surface area (Å²) in [5, 5.41) is 11.3. The Bertz CT molecular complexity index is 415. The Morgan fingerprint density at radius 3 is 2.39 bits per heavy atom. The molecule has 5 heteroatoms. The Morgan fingerprint density at radius 2 is 1.89 bits per heavy atom. The maximum Gasteiger partial charge on any atom is 0.313 e. The van der Waals surface area contributed by atoms with Crippen LogP contribution in [-0.4, -0.2) is 41.5 Å². The number of amides is 2. The fourth-order valence-electron chi connectivity index (χ4n) is 1.49. The van der Waals surface area contributed by atoms with Gasteiger partial charge in [-0.3, -0.25) is 9.59 Å². The van der Waals surface area contributed by atoms with Crippen LogP contribution in [0.15, 0.2) is 24.3 Å². The van der Waals surface area contributed by atoms with Crippen molar-refractivity contribution in [2.24, 2.45) is 0 Å². The molecule has 5 nitrogen and oxygen atoms in total. The number of aliphatic hydroxyl groups is 1. The van der Waals surface area contributed by atoms with Gasteiger partial charge in [0.15, 0.2) is 0 Å². The lowest BCUT2D eigenvalue weighted by Crippen LogP contribution is -2.41. The third-order valence-electron chi connectivity index (χ3n) is 2.54. The zero-order chi connectivity index (χ0) is 13.5. The zero-order valence-corrected chi connectivity index (χ0v) is 10.6. The van der Waals surface area contributed by atoms with Gasteiger partial charge in [-0.25, -0.2) is 0 Å². The first-order valence-corrected chi connectivity index (χ1v) is 5.86. The SMILES string of the molecule is CCN(CCO)C(=O)C(=O)Nc1ccc(C)cc1. The van der Waals surface area contributed by atoms with Crippen molar-refractivity contribution in [3.05, 3.63) is 29.8 Å². The van der Waals surface area contributed by atoms with Gasteiger partial charge >= 0.3 is 11.8 Å². The summed E-state index contributed by atoms with van der Waals surface area (Å²) in [6.07, 6.45) is 0. The lowest BCUT2D eigenvalue weighted by Gasteiger charge is -2.18. The van der Waals surface area contributed by atoms with E-state index in [4.69, 9.17) is 5.11 Å². The van der Waals surface area contributed by atoms with Gasteiger partial charge in [-0.1, -0.05) is 17.7 Å². The molecule has 0 saturated carbocycles. The van der Waals surface area contributed by atoms with Crippen molar-refractivity contribution in [3.8, 4) is 0 Å². The molecule has 1 rings (SSSR count). The van der Waals surface area contributed by atoms with Crippen LogP contribution >= 0.6 is 0 Å². The van der Waals surface area contributed by atoms with Crippen LogP contribution in [0.4, 0.5) is 5.69 Å². The van der Waals surface area contributed by atoms with E-state index in [0.717, 1.165) is 5.56 Å². The van der Waals surface area contributed by atoms with E-state index in [2.05, 4.69) is 5.32 Å². The minimum Gasteiger partial charge on any atom is -0.395 e. The quantitative estimate of drug-likeness (QED) is 0.776. The number of aliphatic hydroxyl groups excluding tert-OH is 1. The zero-order valence-electron chi connectivity index (χ0n) is 10.6. The van der Waals surface area contributed by atoms with Gasteiger partial charge in [0.2, 0.25) is 0 Å². The maximum absolute atomic E-state index is 11.7. The Morgan fingerprint density at radius 1 is 1.28 bits per heavy atom. The fraction of sp³-hybridized carbons (Fsp3) is 0.385. The molecule has 0 atom stereocenters. The Balaban J connectivity index is 2.64. The Kier molecular flexibility index (Phi) is 5.32. The molecule has 2 N–H and O–H groups in total. The van der Waals surface area contributed by atoms with Crippen LogP contribution in [0.25, 0.3) is 0 Å². The molecule has 0 fully saturated rings. The van der Waals surface area contributed by atoms with E-state index in [1.807, 2.05) is 19.1 Å². The van der Waals surface area contributed by atoms with Crippen molar-refractivity contribution in [2.45, 2.75) is 13.8 Å². The summed E-state index contributed by atoms with van der Waals surface area (Å²) in [5.74, 6) is -1.32. The van der Waals surface area contributed by atoms with Gasteiger partial charge in [-0.2, -0.15) is 0 Å². The molecule has 0 aliphatic carbocycles. The molecular formula is C13H18N2O3. The second-order valence-corrected chi connectivity index (χ2v) is 3.93. The second kappa shape index (κ2) is 6.76. The summed E-state index contributed by atoms with van der Waals surface area (Å²) >= 11 is 0. The number of anilines is 1. The van der Waals surface area contributed by atoms with Crippen LogP contribution in [0, 0.1) is 6.92 Å². The third-order valence-corrected chi connectivity index (χ3v) is 2.54. The molecular weight excluding hydrogens is 232 g/mol. The molecule has 0 unspecified atom stereocenters. The number of carbonyl (C=O) groups excluding carboxylic acids is 2. The number of benzene rings is 1. The molecule has 0 radical (unpaired) electrons. The summed E-state index contributed by atoms with van der Waals surface area (Å²) in [6.45, 7) is 4.10. The third kappa shape index (κ3) is 3.85. The molecule has 1 aromatic rings. The summed E-state index contributed by atoms with van der Waals surface area (Å²) in [6, 6.07) is 7.18. The van der Waals surface area contributed by atoms with Crippen LogP contribution in [0.1, 0.15) is 12.5 Å². The highest BCUT2D eigenvalue weighted by Gasteiger charge is 2.19. The van der Waals surface area contributed by atoms with Crippen LogP contribution in [-0.2, 0) is 9.59 Å². The number of hydrogen-bond donors (Lipinski definition) is 2. The molecule has 98 valence electrons. The number of aryl methyl sites for hydroxylation is 1. The molecule has 0 aliphatic rings. The van der Waals surface area contributed by atoms with E-state index >= 15 is 0 Å². The lowest BCUT2D eigenvalue weighted by molar-refractivity contribution is -0.143. The van der Waals surface area contributed by atoms with Gasteiger partial charge in [0.25, 0.3) is 0 Å². The topological polar surface area (TPSA) is 69.6 Å². The highest BCUT2D eigenvalue weighted by Crippen LogP contribution is 2.08. The summed E-state index contributed by atoms with van der Waals surface area (Å²) in [5.41, 5.74) is 1.66. The predicted molar refractivity (Wildman–Crippen MR) is 69.1 cm³/mol. The number of nitrogens with one attached hydrogen (secondary N) is 1. The molecule has 1 aromatic carbocycles. The minimum atomic E-state index is -0.686. The van der Waals surface area contributed by atoms with Crippen LogP contribution in [0.5, 0.6) is 0 Å². The largest absolute Gasteiger partial charge is 0.395 e. The van der Waals surface area contributed by atoms with E-state index in [-0.39, 0.29) is 13.2 Å². The summed E-state index contributed by atoms with van der Waals surface area (Å²) < 4.78 is 0. The van der Waals surface area contributed by atoms with Gasteiger partial charge in [0.1, 0.15) is 0 Å². The van der Waals surface area contributed by atoms with Gasteiger partial charge in [-0.05, 0) is 26.0 Å². The normalized spacial score (nSPS) is 9.94. The molecule has 0 bridgehead atoms. The van der Waals surface area contributed by atoms with E-state index in [1.165, 1.54) is 4.90 Å². The van der Waals surface area contributed by atoms with E-state index in [0.29, 0.717) is 12.2 Å². The number of nitrogens with zero attached hydrogens (tertiary/aromatic N) is 1. The van der Waals surface area contributed by atoms with Crippen molar-refractivity contribution in [2.75, 3.05) is 25.0 Å². The molecule has 0 aliphatic heterocycles. The molecule has 0 spiro atoms. The van der Waals surface area contributed by atoms with Crippen LogP contribution in [0.2, 0.25) is 0 Å². The second-order valence-electron chi connectivity index (χ2n) is 3.93. The average Bonchev–Trinajstić information content (AvgIpc) is 2.37. The fourth-order valence-corrected chi connectivity index (χ4v) is 1.49. The van der Waals surface area contributed by atoms with E-state index < -0.39 is 11.8 Å². The molecule has 2 amide bonds. The Labute approximate surface area is 106 Å². The van der Waals surface area contributed by atoms with Crippen molar-refractivity contribution in [1.82, 2.24) is 4.90 Å². The van der Waals surface area contributed by atoms with Gasteiger partial charge in [0, 0.05) is 18.8 Å². The van der Waals surface area contributed by atoms with E-state index in [1.54, 1.807) is 19.1 Å². The smallest absolute Gasteiger partial charge is 0.313 e. The number of hydrogen-bond acceptors (Lipinski definition) is 3. The van der Waals surface area contributed by atoms with Crippen molar-refractivity contribution in [3.63, 3.8) is 0 Å². The van der Waals surface area contributed by atoms with E-state index in [9.17, 15) is 9.59 Å². The van der Waals surface area contributed by atoms with Crippen molar-refractivity contribution < 1.29 is 14.7 Å². The highest BCUT2D eigenvalue weighted by molar-refractivity contribution is 6.39. The Hall–Kier alpha value is -1.88. The molecule has 0 saturated heterocycles. The number of rotatable bonds is 4. The van der Waals surface area contributed by atoms with Gasteiger partial charge in [0.05, 0.1) is 6.61 Å². The average molecular weight is 250 g/mol. The monoisotopic (exact) mass is 250 g/mol. The van der Waals surface area contributed by atoms with Crippen molar-refractivity contribution >= 4 is 17.5 Å². The first-order valence-electron chi connectivity index (χ1n) is 5.86. The van der Waals surface area contributed by atoms with Crippen LogP contribution in [0.3, 0.4) is 0 Å². The maximum atomic E-state index is 11.7. The van der Waals surface area contributed by atoms with Crippen molar-refractivity contribution in [1.29, 1.82) is 0 Å².